The number of hydrogen-bond donors (Lipinski definition) is 4. The van der Waals surface area contributed by atoms with Crippen LogP contribution in [0.1, 0.15) is 60.3 Å². The Morgan fingerprint density at radius 3 is 1.22 bits per heavy atom. The first kappa shape index (κ1) is 41.0. The van der Waals surface area contributed by atoms with Gasteiger partial charge in [-0.15, -0.1) is 0 Å². The van der Waals surface area contributed by atoms with Crippen molar-refractivity contribution in [2.24, 2.45) is 0 Å². The van der Waals surface area contributed by atoms with Gasteiger partial charge in [0.1, 0.15) is 0 Å². The highest BCUT2D eigenvalue weighted by atomic mass is 16.4. The smallest absolute Gasteiger partial charge is 0.414 e. The molecule has 2 aliphatic rings. The number of fused-ring (bicyclic) bond motifs is 2. The average Bonchev–Trinajstić information content (AvgIpc) is 3.35. The van der Waals surface area contributed by atoms with Gasteiger partial charge in [0.2, 0.25) is 0 Å². The maximum atomic E-state index is 9.10. The first-order chi connectivity index (χ1) is 26.1. The average molecular weight is 736 g/mol. The number of anilines is 2. The minimum absolute atomic E-state index is 0.497. The molecule has 0 unspecified atom stereocenters. The lowest BCUT2D eigenvalue weighted by atomic mass is 9.87. The van der Waals surface area contributed by atoms with E-state index in [4.69, 9.17) is 39.6 Å². The van der Waals surface area contributed by atoms with Gasteiger partial charge in [-0.3, -0.25) is 0 Å². The van der Waals surface area contributed by atoms with Crippen molar-refractivity contribution in [3.63, 3.8) is 0 Å². The molecule has 11 nitrogen and oxygen atoms in total. The summed E-state index contributed by atoms with van der Waals surface area (Å²) >= 11 is 0. The van der Waals surface area contributed by atoms with E-state index in [1.807, 2.05) is 0 Å². The van der Waals surface area contributed by atoms with E-state index in [2.05, 4.69) is 136 Å². The fraction of sp³-hybridized carbons (Fsp3) is 0.302. The fourth-order valence-electron chi connectivity index (χ4n) is 6.72. The maximum Gasteiger partial charge on any atom is 0.414 e. The monoisotopic (exact) mass is 735 g/mol. The van der Waals surface area contributed by atoms with Gasteiger partial charge in [-0.1, -0.05) is 116 Å². The third kappa shape index (κ3) is 13.0. The number of para-hydroxylation sites is 2. The number of carbonyl (C=O) groups is 4. The Morgan fingerprint density at radius 1 is 0.463 bits per heavy atom. The van der Waals surface area contributed by atoms with E-state index in [9.17, 15) is 0 Å². The minimum Gasteiger partial charge on any atom is -0.473 e. The molecule has 2 aliphatic heterocycles. The number of nitrogens with zero attached hydrogens (tertiary/aromatic N) is 3. The molecule has 1 fully saturated rings. The standard InChI is InChI=1S/C39H45N3.2C2H2O4/c1-3-15-33(16-4-1)37(34-17-5-2-6-18-34)21-11-12-26-40-29-31-41(32-30-40)27-13-14-28-42-38-22-9-7-19-35(38)24-25-36-20-8-10-23-39(36)42;2*3-1(4)2(5)6/h1-10,15-20,22-25,37H,11-14,21,26-32H2;2*(H,3,4)(H,5,6). The Kier molecular flexibility index (Phi) is 16.5. The Labute approximate surface area is 316 Å². The van der Waals surface area contributed by atoms with Crippen LogP contribution in [0, 0.1) is 0 Å². The topological polar surface area (TPSA) is 159 Å². The molecular weight excluding hydrogens is 686 g/mol. The fourth-order valence-corrected chi connectivity index (χ4v) is 6.72. The zero-order chi connectivity index (χ0) is 38.7. The molecule has 0 spiro atoms. The second kappa shape index (κ2) is 21.7. The molecule has 11 heteroatoms. The van der Waals surface area contributed by atoms with Crippen molar-refractivity contribution < 1.29 is 39.6 Å². The second-order valence-electron chi connectivity index (χ2n) is 13.1. The van der Waals surface area contributed by atoms with E-state index in [1.165, 1.54) is 105 Å². The third-order valence-electron chi connectivity index (χ3n) is 9.46. The molecule has 0 saturated carbocycles. The number of piperazine rings is 1. The van der Waals surface area contributed by atoms with E-state index in [-0.39, 0.29) is 0 Å². The van der Waals surface area contributed by atoms with Gasteiger partial charge in [-0.25, -0.2) is 19.2 Å². The van der Waals surface area contributed by atoms with Crippen LogP contribution in [0.4, 0.5) is 11.4 Å². The molecule has 0 radical (unpaired) electrons. The van der Waals surface area contributed by atoms with Crippen LogP contribution in [0.5, 0.6) is 0 Å². The molecule has 4 aromatic rings. The van der Waals surface area contributed by atoms with Crippen molar-refractivity contribution >= 4 is 47.4 Å². The Bertz CT molecular complexity index is 1690. The predicted octanol–water partition coefficient (Wildman–Crippen LogP) is 7.02. The van der Waals surface area contributed by atoms with E-state index in [0.29, 0.717) is 5.92 Å². The van der Waals surface area contributed by atoms with Crippen LogP contribution in [0.25, 0.3) is 12.2 Å². The van der Waals surface area contributed by atoms with Crippen molar-refractivity contribution in [3.05, 3.63) is 131 Å². The first-order valence-electron chi connectivity index (χ1n) is 18.2. The van der Waals surface area contributed by atoms with E-state index < -0.39 is 23.9 Å². The summed E-state index contributed by atoms with van der Waals surface area (Å²) in [5.74, 6) is -6.80. The van der Waals surface area contributed by atoms with Crippen molar-refractivity contribution in [3.8, 4) is 0 Å². The number of carboxylic acids is 4. The summed E-state index contributed by atoms with van der Waals surface area (Å²) in [6.07, 6.45) is 10.7. The van der Waals surface area contributed by atoms with Gasteiger partial charge in [0.15, 0.2) is 0 Å². The Balaban J connectivity index is 0.000000470. The van der Waals surface area contributed by atoms with Gasteiger partial charge < -0.3 is 35.1 Å². The van der Waals surface area contributed by atoms with Gasteiger partial charge >= 0.3 is 23.9 Å². The zero-order valence-corrected chi connectivity index (χ0v) is 30.4. The summed E-state index contributed by atoms with van der Waals surface area (Å²) in [4.78, 5) is 44.3. The molecule has 0 amide bonds. The molecule has 4 aromatic carbocycles. The van der Waals surface area contributed by atoms with Crippen LogP contribution in [-0.2, 0) is 19.2 Å². The lowest BCUT2D eigenvalue weighted by Gasteiger charge is -2.35. The second-order valence-corrected chi connectivity index (χ2v) is 13.1. The predicted molar refractivity (Wildman–Crippen MR) is 210 cm³/mol. The number of carboxylic acid groups (broad SMARTS) is 4. The van der Waals surface area contributed by atoms with Gasteiger partial charge in [0, 0.05) is 50.0 Å². The Morgan fingerprint density at radius 2 is 0.815 bits per heavy atom. The molecule has 6 rings (SSSR count). The number of aliphatic carboxylic acids is 4. The number of rotatable bonds is 12. The highest BCUT2D eigenvalue weighted by Crippen LogP contribution is 2.36. The first-order valence-corrected chi connectivity index (χ1v) is 18.2. The van der Waals surface area contributed by atoms with E-state index in [0.717, 1.165) is 6.54 Å². The number of unbranched alkanes of at least 4 members (excludes halogenated alkanes) is 2. The highest BCUT2D eigenvalue weighted by Gasteiger charge is 2.20. The van der Waals surface area contributed by atoms with Crippen LogP contribution in [0.2, 0.25) is 0 Å². The molecule has 284 valence electrons. The highest BCUT2D eigenvalue weighted by molar-refractivity contribution is 6.27. The number of benzene rings is 4. The molecule has 0 bridgehead atoms. The third-order valence-corrected chi connectivity index (χ3v) is 9.46. The minimum atomic E-state index is -1.82. The molecular formula is C43H49N3O8. The van der Waals surface area contributed by atoms with Crippen LogP contribution in [0.3, 0.4) is 0 Å². The lowest BCUT2D eigenvalue weighted by molar-refractivity contribution is -0.159. The summed E-state index contributed by atoms with van der Waals surface area (Å²) in [5, 5.41) is 29.6. The summed E-state index contributed by atoms with van der Waals surface area (Å²) < 4.78 is 0. The normalized spacial score (nSPS) is 13.6. The van der Waals surface area contributed by atoms with Crippen molar-refractivity contribution in [2.75, 3.05) is 50.7 Å². The van der Waals surface area contributed by atoms with Crippen molar-refractivity contribution in [2.45, 2.75) is 38.0 Å². The van der Waals surface area contributed by atoms with Gasteiger partial charge in [-0.2, -0.15) is 0 Å². The van der Waals surface area contributed by atoms with Crippen LogP contribution >= 0.6 is 0 Å². The largest absolute Gasteiger partial charge is 0.473 e. The molecule has 0 aromatic heterocycles. The summed E-state index contributed by atoms with van der Waals surface area (Å²) in [7, 11) is 0. The molecule has 2 heterocycles. The summed E-state index contributed by atoms with van der Waals surface area (Å²) in [6.45, 7) is 8.32. The maximum absolute atomic E-state index is 9.10. The lowest BCUT2D eigenvalue weighted by Crippen LogP contribution is -2.46. The molecule has 4 N–H and O–H groups in total. The SMILES string of the molecule is C1=Cc2ccccc2N(CCCCN2CCN(CCCCC(c3ccccc3)c3ccccc3)CC2)c2ccccc21.O=C(O)C(=O)O.O=C(O)C(=O)O. The van der Waals surface area contributed by atoms with Crippen LogP contribution in [0.15, 0.2) is 109 Å². The molecule has 0 aliphatic carbocycles. The van der Waals surface area contributed by atoms with Crippen LogP contribution in [-0.4, -0.2) is 99.9 Å². The van der Waals surface area contributed by atoms with Crippen LogP contribution < -0.4 is 4.90 Å². The molecule has 1 saturated heterocycles. The number of hydrogen-bond acceptors (Lipinski definition) is 7. The van der Waals surface area contributed by atoms with E-state index in [1.54, 1.807) is 0 Å². The van der Waals surface area contributed by atoms with Crippen molar-refractivity contribution in [1.82, 2.24) is 9.80 Å². The summed E-state index contributed by atoms with van der Waals surface area (Å²) in [6, 6.07) is 39.7. The molecule has 54 heavy (non-hydrogen) atoms. The Hall–Kier alpha value is -5.78. The van der Waals surface area contributed by atoms with E-state index >= 15 is 0 Å². The van der Waals surface area contributed by atoms with Gasteiger partial charge in [0.05, 0.1) is 0 Å². The quantitative estimate of drug-likeness (QED) is 0.0875. The summed E-state index contributed by atoms with van der Waals surface area (Å²) in [5.41, 5.74) is 8.15. The zero-order valence-electron chi connectivity index (χ0n) is 30.4. The van der Waals surface area contributed by atoms with Gasteiger partial charge in [-0.05, 0) is 73.2 Å². The van der Waals surface area contributed by atoms with Gasteiger partial charge in [0.25, 0.3) is 0 Å². The van der Waals surface area contributed by atoms with Crippen molar-refractivity contribution in [1.29, 1.82) is 0 Å². The molecule has 0 atom stereocenters.